The van der Waals surface area contributed by atoms with Crippen LogP contribution in [0.2, 0.25) is 0 Å². The Morgan fingerprint density at radius 2 is 1.90 bits per heavy atom. The quantitative estimate of drug-likeness (QED) is 0.585. The van der Waals surface area contributed by atoms with Crippen molar-refractivity contribution < 1.29 is 14.4 Å². The maximum absolute atomic E-state index is 12.9. The van der Waals surface area contributed by atoms with E-state index >= 15 is 0 Å². The summed E-state index contributed by atoms with van der Waals surface area (Å²) in [6.07, 6.45) is 3.92. The molecule has 8 heteroatoms. The highest BCUT2D eigenvalue weighted by Crippen LogP contribution is 2.23. The molecule has 1 unspecified atom stereocenters. The summed E-state index contributed by atoms with van der Waals surface area (Å²) in [5.74, 6) is 0.296. The predicted molar refractivity (Wildman–Crippen MR) is 125 cm³/mol. The molecule has 0 saturated carbocycles. The zero-order valence-corrected chi connectivity index (χ0v) is 19.1. The van der Waals surface area contributed by atoms with E-state index in [1.54, 1.807) is 47.0 Å². The highest BCUT2D eigenvalue weighted by Gasteiger charge is 2.23. The van der Waals surface area contributed by atoms with Crippen LogP contribution in [-0.2, 0) is 9.59 Å². The standard InChI is InChI=1S/C22H24BrN3O3S/c1-30-14-12-19(25-21(28)17-5-2-3-6-18(17)23)22(29)24-15-8-10-16(11-9-15)26-13-4-7-20(26)27/h2-3,5-6,8-11,19H,4,7,12-14H2,1H3,(H,24,29)(H,25,28). The third kappa shape index (κ3) is 5.64. The van der Waals surface area contributed by atoms with Gasteiger partial charge in [0.25, 0.3) is 5.91 Å². The Balaban J connectivity index is 1.66. The van der Waals surface area contributed by atoms with E-state index in [0.29, 0.717) is 28.6 Å². The molecule has 0 aliphatic carbocycles. The van der Waals surface area contributed by atoms with Crippen molar-refractivity contribution in [1.82, 2.24) is 5.32 Å². The molecule has 1 heterocycles. The number of hydrogen-bond donors (Lipinski definition) is 2. The van der Waals surface area contributed by atoms with E-state index < -0.39 is 6.04 Å². The summed E-state index contributed by atoms with van der Waals surface area (Å²) in [4.78, 5) is 39.1. The van der Waals surface area contributed by atoms with Gasteiger partial charge in [0, 0.05) is 28.8 Å². The number of amides is 3. The summed E-state index contributed by atoms with van der Waals surface area (Å²) in [7, 11) is 0. The van der Waals surface area contributed by atoms with Crippen molar-refractivity contribution in [3.63, 3.8) is 0 Å². The maximum atomic E-state index is 12.9. The van der Waals surface area contributed by atoms with Crippen LogP contribution in [0.25, 0.3) is 0 Å². The van der Waals surface area contributed by atoms with Gasteiger partial charge < -0.3 is 15.5 Å². The van der Waals surface area contributed by atoms with Gasteiger partial charge >= 0.3 is 0 Å². The molecule has 1 aliphatic rings. The molecule has 1 fully saturated rings. The minimum atomic E-state index is -0.656. The number of carbonyl (C=O) groups excluding carboxylic acids is 3. The lowest BCUT2D eigenvalue weighted by Gasteiger charge is -2.19. The second-order valence-corrected chi connectivity index (χ2v) is 8.81. The fourth-order valence-corrected chi connectivity index (χ4v) is 4.20. The molecule has 6 nitrogen and oxygen atoms in total. The lowest BCUT2D eigenvalue weighted by atomic mass is 10.1. The van der Waals surface area contributed by atoms with E-state index in [4.69, 9.17) is 0 Å². The highest BCUT2D eigenvalue weighted by atomic mass is 79.9. The number of hydrogen-bond acceptors (Lipinski definition) is 4. The van der Waals surface area contributed by atoms with Gasteiger partial charge in [0.2, 0.25) is 11.8 Å². The van der Waals surface area contributed by atoms with E-state index in [1.807, 2.05) is 24.5 Å². The Morgan fingerprint density at radius 3 is 2.53 bits per heavy atom. The largest absolute Gasteiger partial charge is 0.340 e. The van der Waals surface area contributed by atoms with Crippen LogP contribution in [0, 0.1) is 0 Å². The van der Waals surface area contributed by atoms with E-state index in [2.05, 4.69) is 26.6 Å². The SMILES string of the molecule is CSCCC(NC(=O)c1ccccc1Br)C(=O)Nc1ccc(N2CCCC2=O)cc1. The van der Waals surface area contributed by atoms with E-state index in [9.17, 15) is 14.4 Å². The number of carbonyl (C=O) groups is 3. The Labute approximate surface area is 188 Å². The summed E-state index contributed by atoms with van der Waals surface area (Å²) in [5, 5.41) is 5.72. The van der Waals surface area contributed by atoms with Crippen molar-refractivity contribution in [2.45, 2.75) is 25.3 Å². The lowest BCUT2D eigenvalue weighted by molar-refractivity contribution is -0.118. The van der Waals surface area contributed by atoms with Crippen LogP contribution < -0.4 is 15.5 Å². The molecule has 2 aromatic rings. The number of thioether (sulfide) groups is 1. The van der Waals surface area contributed by atoms with Crippen LogP contribution in [0.3, 0.4) is 0 Å². The highest BCUT2D eigenvalue weighted by molar-refractivity contribution is 9.10. The van der Waals surface area contributed by atoms with Crippen molar-refractivity contribution in [1.29, 1.82) is 0 Å². The van der Waals surface area contributed by atoms with Gasteiger partial charge in [-0.3, -0.25) is 14.4 Å². The summed E-state index contributed by atoms with van der Waals surface area (Å²) < 4.78 is 0.679. The first-order chi connectivity index (χ1) is 14.5. The van der Waals surface area contributed by atoms with Crippen LogP contribution in [0.1, 0.15) is 29.6 Å². The van der Waals surface area contributed by atoms with Gasteiger partial charge in [-0.25, -0.2) is 0 Å². The number of nitrogens with one attached hydrogen (secondary N) is 2. The summed E-state index contributed by atoms with van der Waals surface area (Å²) in [6.45, 7) is 0.725. The third-order valence-corrected chi connectivity index (χ3v) is 6.21. The Kier molecular flexibility index (Phi) is 7.93. The number of benzene rings is 2. The minimum absolute atomic E-state index is 0.124. The number of anilines is 2. The number of halogens is 1. The molecule has 158 valence electrons. The van der Waals surface area contributed by atoms with Gasteiger partial charge in [0.05, 0.1) is 5.56 Å². The van der Waals surface area contributed by atoms with Gasteiger partial charge in [-0.15, -0.1) is 0 Å². The molecule has 2 aromatic carbocycles. The van der Waals surface area contributed by atoms with Crippen molar-refractivity contribution in [2.75, 3.05) is 28.8 Å². The first-order valence-corrected chi connectivity index (χ1v) is 11.9. The van der Waals surface area contributed by atoms with Gasteiger partial charge in [0.1, 0.15) is 6.04 Å². The normalized spacial score (nSPS) is 14.5. The van der Waals surface area contributed by atoms with E-state index in [-0.39, 0.29) is 17.7 Å². The van der Waals surface area contributed by atoms with Gasteiger partial charge in [-0.1, -0.05) is 12.1 Å². The van der Waals surface area contributed by atoms with Crippen LogP contribution in [-0.4, -0.2) is 42.3 Å². The predicted octanol–water partition coefficient (Wildman–Crippen LogP) is 4.07. The molecule has 0 radical (unpaired) electrons. The van der Waals surface area contributed by atoms with Crippen molar-refractivity contribution in [2.24, 2.45) is 0 Å². The van der Waals surface area contributed by atoms with Crippen LogP contribution in [0.4, 0.5) is 11.4 Å². The molecule has 1 aliphatic heterocycles. The molecule has 3 rings (SSSR count). The van der Waals surface area contributed by atoms with E-state index in [1.165, 1.54) is 0 Å². The first kappa shape index (κ1) is 22.4. The van der Waals surface area contributed by atoms with Crippen LogP contribution in [0.5, 0.6) is 0 Å². The molecule has 30 heavy (non-hydrogen) atoms. The zero-order chi connectivity index (χ0) is 21.5. The molecule has 2 N–H and O–H groups in total. The molecular weight excluding hydrogens is 466 g/mol. The van der Waals surface area contributed by atoms with Crippen LogP contribution >= 0.6 is 27.7 Å². The molecule has 3 amide bonds. The van der Waals surface area contributed by atoms with Crippen molar-refractivity contribution in [3.8, 4) is 0 Å². The van der Waals surface area contributed by atoms with Crippen LogP contribution in [0.15, 0.2) is 53.0 Å². The van der Waals surface area contributed by atoms with E-state index in [0.717, 1.165) is 24.4 Å². The number of nitrogens with zero attached hydrogens (tertiary/aromatic N) is 1. The second kappa shape index (κ2) is 10.6. The average molecular weight is 490 g/mol. The molecule has 0 aromatic heterocycles. The minimum Gasteiger partial charge on any atom is -0.340 e. The van der Waals surface area contributed by atoms with Crippen molar-refractivity contribution in [3.05, 3.63) is 58.6 Å². The Hall–Kier alpha value is -2.32. The lowest BCUT2D eigenvalue weighted by Crippen LogP contribution is -2.44. The Bertz CT molecular complexity index is 920. The topological polar surface area (TPSA) is 78.5 Å². The summed E-state index contributed by atoms with van der Waals surface area (Å²) >= 11 is 4.99. The fraction of sp³-hybridized carbons (Fsp3) is 0.318. The van der Waals surface area contributed by atoms with Gasteiger partial charge in [0.15, 0.2) is 0 Å². The molecule has 0 bridgehead atoms. The zero-order valence-electron chi connectivity index (χ0n) is 16.7. The first-order valence-electron chi connectivity index (χ1n) is 9.75. The average Bonchev–Trinajstić information content (AvgIpc) is 3.17. The molecule has 1 saturated heterocycles. The van der Waals surface area contributed by atoms with Crippen molar-refractivity contribution >= 4 is 56.8 Å². The second-order valence-electron chi connectivity index (χ2n) is 6.97. The molecule has 0 spiro atoms. The maximum Gasteiger partial charge on any atom is 0.253 e. The van der Waals surface area contributed by atoms with Gasteiger partial charge in [-0.05, 0) is 77.2 Å². The smallest absolute Gasteiger partial charge is 0.253 e. The molecule has 1 atom stereocenters. The monoisotopic (exact) mass is 489 g/mol. The third-order valence-electron chi connectivity index (χ3n) is 4.87. The molecular formula is C22H24BrN3O3S. The summed E-state index contributed by atoms with van der Waals surface area (Å²) in [6, 6.07) is 13.7. The summed E-state index contributed by atoms with van der Waals surface area (Å²) in [5.41, 5.74) is 1.94. The Morgan fingerprint density at radius 1 is 1.17 bits per heavy atom. The fourth-order valence-electron chi connectivity index (χ4n) is 3.26. The van der Waals surface area contributed by atoms with Gasteiger partial charge in [-0.2, -0.15) is 11.8 Å². The number of rotatable bonds is 8.